The zero-order valence-electron chi connectivity index (χ0n) is 16.1. The number of anilines is 1. The van der Waals surface area contributed by atoms with Crippen LogP contribution in [-0.2, 0) is 10.0 Å². The summed E-state index contributed by atoms with van der Waals surface area (Å²) >= 11 is 0. The van der Waals surface area contributed by atoms with Crippen LogP contribution in [0.1, 0.15) is 42.1 Å². The average molecular weight is 387 g/mol. The number of piperidine rings is 1. The van der Waals surface area contributed by atoms with E-state index in [1.54, 1.807) is 28.4 Å². The molecule has 0 aliphatic carbocycles. The quantitative estimate of drug-likeness (QED) is 0.802. The molecule has 1 heterocycles. The second-order valence-corrected chi connectivity index (χ2v) is 9.08. The van der Waals surface area contributed by atoms with E-state index in [4.69, 9.17) is 0 Å². The van der Waals surface area contributed by atoms with Gasteiger partial charge in [-0.3, -0.25) is 4.79 Å². The van der Waals surface area contributed by atoms with Gasteiger partial charge in [0.2, 0.25) is 10.0 Å². The lowest BCUT2D eigenvalue weighted by Crippen LogP contribution is -2.41. The van der Waals surface area contributed by atoms with Crippen molar-refractivity contribution in [3.63, 3.8) is 0 Å². The molecule has 0 saturated carbocycles. The van der Waals surface area contributed by atoms with Gasteiger partial charge in [0.1, 0.15) is 0 Å². The van der Waals surface area contributed by atoms with Gasteiger partial charge in [0, 0.05) is 30.9 Å². The zero-order valence-corrected chi connectivity index (χ0v) is 16.9. The summed E-state index contributed by atoms with van der Waals surface area (Å²) in [6.07, 6.45) is 2.84. The normalized spacial score (nSPS) is 18.3. The zero-order chi connectivity index (χ0) is 19.6. The number of benzene rings is 2. The molecule has 2 aromatic carbocycles. The summed E-state index contributed by atoms with van der Waals surface area (Å²) in [6, 6.07) is 14.0. The summed E-state index contributed by atoms with van der Waals surface area (Å²) in [4.78, 5) is 14.6. The molecule has 0 aromatic heterocycles. The van der Waals surface area contributed by atoms with E-state index in [-0.39, 0.29) is 16.8 Å². The summed E-state index contributed by atoms with van der Waals surface area (Å²) in [6.45, 7) is 4.48. The minimum atomic E-state index is -3.52. The first kappa shape index (κ1) is 19.6. The maximum absolute atomic E-state index is 12.9. The van der Waals surface area contributed by atoms with Gasteiger partial charge in [-0.05, 0) is 68.7 Å². The van der Waals surface area contributed by atoms with E-state index in [1.807, 2.05) is 38.1 Å². The monoisotopic (exact) mass is 386 g/mol. The Labute approximate surface area is 161 Å². The highest BCUT2D eigenvalue weighted by molar-refractivity contribution is 7.89. The number of sulfonamides is 1. The third kappa shape index (κ3) is 4.06. The Bertz CT molecular complexity index is 923. The minimum Gasteiger partial charge on any atom is -0.311 e. The van der Waals surface area contributed by atoms with E-state index in [0.717, 1.165) is 30.5 Å². The van der Waals surface area contributed by atoms with Crippen molar-refractivity contribution in [2.24, 2.45) is 0 Å². The van der Waals surface area contributed by atoms with Crippen LogP contribution in [0.5, 0.6) is 0 Å². The number of amides is 1. The van der Waals surface area contributed by atoms with Gasteiger partial charge in [-0.2, -0.15) is 4.31 Å². The minimum absolute atomic E-state index is 0.0116. The molecular formula is C21H26N2O3S. The van der Waals surface area contributed by atoms with E-state index < -0.39 is 10.0 Å². The van der Waals surface area contributed by atoms with Crippen LogP contribution in [0.2, 0.25) is 0 Å². The van der Waals surface area contributed by atoms with Crippen molar-refractivity contribution >= 4 is 21.6 Å². The van der Waals surface area contributed by atoms with Gasteiger partial charge in [-0.25, -0.2) is 8.42 Å². The summed E-state index contributed by atoms with van der Waals surface area (Å²) < 4.78 is 27.4. The number of carbonyl (C=O) groups excluding carboxylic acids is 1. The molecule has 144 valence electrons. The fraction of sp³-hybridized carbons (Fsp3) is 0.381. The topological polar surface area (TPSA) is 57.7 Å². The van der Waals surface area contributed by atoms with Crippen molar-refractivity contribution in [2.75, 3.05) is 18.5 Å². The first-order valence-corrected chi connectivity index (χ1v) is 10.7. The Morgan fingerprint density at radius 2 is 1.81 bits per heavy atom. The van der Waals surface area contributed by atoms with Gasteiger partial charge in [-0.15, -0.1) is 0 Å². The van der Waals surface area contributed by atoms with Crippen molar-refractivity contribution in [3.05, 3.63) is 59.7 Å². The number of carbonyl (C=O) groups is 1. The molecule has 0 bridgehead atoms. The number of hydrogen-bond donors (Lipinski definition) is 0. The third-order valence-corrected chi connectivity index (χ3v) is 7.17. The van der Waals surface area contributed by atoms with Gasteiger partial charge < -0.3 is 4.90 Å². The summed E-state index contributed by atoms with van der Waals surface area (Å²) in [5.74, 6) is -0.170. The molecule has 3 rings (SSSR count). The van der Waals surface area contributed by atoms with Crippen LogP contribution in [0, 0.1) is 6.92 Å². The number of aryl methyl sites for hydroxylation is 1. The fourth-order valence-corrected chi connectivity index (χ4v) is 5.18. The Balaban J connectivity index is 1.81. The molecule has 1 aliphatic heterocycles. The summed E-state index contributed by atoms with van der Waals surface area (Å²) in [5, 5.41) is 0. The van der Waals surface area contributed by atoms with Crippen LogP contribution in [0.3, 0.4) is 0 Å². The first-order valence-electron chi connectivity index (χ1n) is 9.27. The highest BCUT2D eigenvalue weighted by Crippen LogP contribution is 2.25. The van der Waals surface area contributed by atoms with Crippen molar-refractivity contribution < 1.29 is 13.2 Å². The Morgan fingerprint density at radius 1 is 1.11 bits per heavy atom. The van der Waals surface area contributed by atoms with E-state index in [0.29, 0.717) is 12.1 Å². The van der Waals surface area contributed by atoms with Crippen LogP contribution < -0.4 is 4.90 Å². The van der Waals surface area contributed by atoms with Gasteiger partial charge >= 0.3 is 0 Å². The molecule has 5 nitrogen and oxygen atoms in total. The van der Waals surface area contributed by atoms with Crippen molar-refractivity contribution in [1.29, 1.82) is 0 Å². The highest BCUT2D eigenvalue weighted by Gasteiger charge is 2.31. The fourth-order valence-electron chi connectivity index (χ4n) is 3.48. The number of nitrogens with zero attached hydrogens (tertiary/aromatic N) is 2. The molecule has 6 heteroatoms. The van der Waals surface area contributed by atoms with Gasteiger partial charge in [-0.1, -0.05) is 18.6 Å². The van der Waals surface area contributed by atoms with E-state index in [9.17, 15) is 13.2 Å². The lowest BCUT2D eigenvalue weighted by molar-refractivity contribution is 0.0993. The largest absolute Gasteiger partial charge is 0.311 e. The SMILES string of the molecule is Cc1cccc(N(C)C(=O)c2ccc(S(=O)(=O)N3CCCCC3C)cc2)c1. The highest BCUT2D eigenvalue weighted by atomic mass is 32.2. The second kappa shape index (κ2) is 7.82. The van der Waals surface area contributed by atoms with Crippen LogP contribution in [0.25, 0.3) is 0 Å². The number of rotatable bonds is 4. The second-order valence-electron chi connectivity index (χ2n) is 7.19. The predicted molar refractivity (Wildman–Crippen MR) is 108 cm³/mol. The lowest BCUT2D eigenvalue weighted by Gasteiger charge is -2.32. The molecule has 1 aliphatic rings. The van der Waals surface area contributed by atoms with Gasteiger partial charge in [0.05, 0.1) is 4.90 Å². The smallest absolute Gasteiger partial charge is 0.258 e. The molecule has 1 atom stereocenters. The standard InChI is InChI=1S/C21H26N2O3S/c1-16-7-6-9-19(15-16)22(3)21(24)18-10-12-20(13-11-18)27(25,26)23-14-5-4-8-17(23)2/h6-7,9-13,15,17H,4-5,8,14H2,1-3H3. The predicted octanol–water partition coefficient (Wildman–Crippen LogP) is 3.83. The molecule has 0 spiro atoms. The average Bonchev–Trinajstić information content (AvgIpc) is 2.67. The maximum Gasteiger partial charge on any atom is 0.258 e. The first-order chi connectivity index (χ1) is 12.8. The van der Waals surface area contributed by atoms with Crippen molar-refractivity contribution in [3.8, 4) is 0 Å². The molecule has 1 unspecified atom stereocenters. The molecule has 1 saturated heterocycles. The van der Waals surface area contributed by atoms with E-state index >= 15 is 0 Å². The molecule has 0 radical (unpaired) electrons. The summed E-state index contributed by atoms with van der Waals surface area (Å²) in [7, 11) is -1.80. The van der Waals surface area contributed by atoms with Crippen LogP contribution in [-0.4, -0.2) is 38.3 Å². The Hall–Kier alpha value is -2.18. The van der Waals surface area contributed by atoms with Crippen molar-refractivity contribution in [2.45, 2.75) is 44.0 Å². The molecule has 2 aromatic rings. The Morgan fingerprint density at radius 3 is 2.44 bits per heavy atom. The van der Waals surface area contributed by atoms with Gasteiger partial charge in [0.25, 0.3) is 5.91 Å². The maximum atomic E-state index is 12.9. The molecule has 1 amide bonds. The van der Waals surface area contributed by atoms with E-state index in [1.165, 1.54) is 12.1 Å². The van der Waals surface area contributed by atoms with Crippen molar-refractivity contribution in [1.82, 2.24) is 4.31 Å². The van der Waals surface area contributed by atoms with Gasteiger partial charge in [0.15, 0.2) is 0 Å². The molecule has 1 fully saturated rings. The number of hydrogen-bond acceptors (Lipinski definition) is 3. The van der Waals surface area contributed by atoms with E-state index in [2.05, 4.69) is 0 Å². The lowest BCUT2D eigenvalue weighted by atomic mass is 10.1. The molecule has 27 heavy (non-hydrogen) atoms. The molecule has 0 N–H and O–H groups in total. The Kier molecular flexibility index (Phi) is 5.67. The molecular weight excluding hydrogens is 360 g/mol. The van der Waals surface area contributed by atoms with Crippen LogP contribution in [0.4, 0.5) is 5.69 Å². The van der Waals surface area contributed by atoms with Crippen LogP contribution in [0.15, 0.2) is 53.4 Å². The van der Waals surface area contributed by atoms with Crippen LogP contribution >= 0.6 is 0 Å². The summed E-state index contributed by atoms with van der Waals surface area (Å²) in [5.41, 5.74) is 2.34. The third-order valence-electron chi connectivity index (χ3n) is 5.14.